The van der Waals surface area contributed by atoms with Gasteiger partial charge in [0.05, 0.1) is 10.5 Å². The summed E-state index contributed by atoms with van der Waals surface area (Å²) in [5, 5.41) is 13.2. The predicted octanol–water partition coefficient (Wildman–Crippen LogP) is 3.71. The fourth-order valence-electron chi connectivity index (χ4n) is 1.70. The molecule has 0 fully saturated rings. The summed E-state index contributed by atoms with van der Waals surface area (Å²) in [6.45, 7) is 0. The third-order valence-electron chi connectivity index (χ3n) is 2.73. The van der Waals surface area contributed by atoms with Crippen LogP contribution < -0.4 is 5.32 Å². The van der Waals surface area contributed by atoms with E-state index in [0.29, 0.717) is 5.69 Å². The van der Waals surface area contributed by atoms with Crippen molar-refractivity contribution in [2.24, 2.45) is 0 Å². The second-order valence-corrected chi connectivity index (χ2v) is 4.99. The summed E-state index contributed by atoms with van der Waals surface area (Å²) in [6, 6.07) is 9.86. The summed E-state index contributed by atoms with van der Waals surface area (Å²) in [6.07, 6.45) is 1.89. The van der Waals surface area contributed by atoms with Gasteiger partial charge in [-0.05, 0) is 30.5 Å². The highest BCUT2D eigenvalue weighted by Gasteiger charge is 2.17. The van der Waals surface area contributed by atoms with Crippen molar-refractivity contribution in [3.63, 3.8) is 0 Å². The van der Waals surface area contributed by atoms with E-state index in [9.17, 15) is 19.3 Å². The van der Waals surface area contributed by atoms with E-state index in [2.05, 4.69) is 5.32 Å². The van der Waals surface area contributed by atoms with Crippen LogP contribution in [0.4, 0.5) is 15.8 Å². The van der Waals surface area contributed by atoms with Gasteiger partial charge in [0, 0.05) is 22.7 Å². The molecule has 0 saturated heterocycles. The first-order chi connectivity index (χ1) is 10.0. The smallest absolute Gasteiger partial charge is 0.270 e. The number of benzene rings is 2. The van der Waals surface area contributed by atoms with Gasteiger partial charge < -0.3 is 5.32 Å². The molecule has 108 valence electrons. The normalized spacial score (nSPS) is 10.2. The van der Waals surface area contributed by atoms with Gasteiger partial charge in [0.2, 0.25) is 0 Å². The van der Waals surface area contributed by atoms with Crippen molar-refractivity contribution in [1.29, 1.82) is 0 Å². The van der Waals surface area contributed by atoms with E-state index in [-0.39, 0.29) is 11.3 Å². The van der Waals surface area contributed by atoms with Gasteiger partial charge in [0.15, 0.2) is 0 Å². The van der Waals surface area contributed by atoms with Crippen molar-refractivity contribution in [2.75, 3.05) is 11.6 Å². The van der Waals surface area contributed by atoms with Crippen molar-refractivity contribution < 1.29 is 14.1 Å². The third-order valence-corrected chi connectivity index (χ3v) is 3.46. The Bertz CT molecular complexity index is 706. The summed E-state index contributed by atoms with van der Waals surface area (Å²) < 4.78 is 13.6. The largest absolute Gasteiger partial charge is 0.322 e. The van der Waals surface area contributed by atoms with Gasteiger partial charge in [-0.15, -0.1) is 11.8 Å². The summed E-state index contributed by atoms with van der Waals surface area (Å²) in [7, 11) is 0. The van der Waals surface area contributed by atoms with Crippen LogP contribution in [0.15, 0.2) is 47.4 Å². The number of carbonyl (C=O) groups excluding carboxylic acids is 1. The number of nitro benzene ring substituents is 1. The lowest BCUT2D eigenvalue weighted by Crippen LogP contribution is -2.14. The monoisotopic (exact) mass is 306 g/mol. The van der Waals surface area contributed by atoms with E-state index >= 15 is 0 Å². The summed E-state index contributed by atoms with van der Waals surface area (Å²) >= 11 is 1.50. The molecule has 5 nitrogen and oxygen atoms in total. The summed E-state index contributed by atoms with van der Waals surface area (Å²) in [5.41, 5.74) is -0.198. The van der Waals surface area contributed by atoms with Crippen LogP contribution in [0.1, 0.15) is 10.4 Å². The fourth-order valence-corrected chi connectivity index (χ4v) is 2.16. The maximum Gasteiger partial charge on any atom is 0.270 e. The molecular formula is C14H11FN2O3S. The molecule has 0 bridgehead atoms. The number of rotatable bonds is 4. The molecule has 21 heavy (non-hydrogen) atoms. The number of nitrogens with one attached hydrogen (secondary N) is 1. The Balaban J connectivity index is 2.27. The molecule has 1 amide bonds. The second-order valence-electron chi connectivity index (χ2n) is 4.11. The predicted molar refractivity (Wildman–Crippen MR) is 79.2 cm³/mol. The molecular weight excluding hydrogens is 295 g/mol. The molecule has 0 saturated carbocycles. The van der Waals surface area contributed by atoms with Crippen LogP contribution in [0.2, 0.25) is 0 Å². The van der Waals surface area contributed by atoms with E-state index in [4.69, 9.17) is 0 Å². The number of hydrogen-bond acceptors (Lipinski definition) is 4. The van der Waals surface area contributed by atoms with Gasteiger partial charge >= 0.3 is 0 Å². The number of carbonyl (C=O) groups is 1. The van der Waals surface area contributed by atoms with Crippen LogP contribution in [-0.2, 0) is 0 Å². The van der Waals surface area contributed by atoms with Gasteiger partial charge in [0.1, 0.15) is 5.82 Å². The minimum atomic E-state index is -0.806. The van der Waals surface area contributed by atoms with E-state index in [1.54, 1.807) is 18.2 Å². The van der Waals surface area contributed by atoms with Gasteiger partial charge in [-0.3, -0.25) is 14.9 Å². The minimum Gasteiger partial charge on any atom is -0.322 e. The molecule has 1 N–H and O–H groups in total. The highest BCUT2D eigenvalue weighted by molar-refractivity contribution is 7.98. The second kappa shape index (κ2) is 6.36. The average molecular weight is 306 g/mol. The molecule has 0 radical (unpaired) electrons. The number of nitro groups is 1. The molecule has 0 atom stereocenters. The Morgan fingerprint density at radius 3 is 2.71 bits per heavy atom. The number of nitrogens with zero attached hydrogens (tertiary/aromatic N) is 1. The Morgan fingerprint density at radius 2 is 2.05 bits per heavy atom. The SMILES string of the molecule is CSc1cccc(NC(=O)c2cc([N+](=O)[O-])ccc2F)c1. The van der Waals surface area contributed by atoms with E-state index < -0.39 is 16.6 Å². The molecule has 2 aromatic rings. The molecule has 0 aliphatic heterocycles. The molecule has 0 aliphatic rings. The molecule has 7 heteroatoms. The van der Waals surface area contributed by atoms with Gasteiger partial charge in [-0.25, -0.2) is 4.39 Å². The highest BCUT2D eigenvalue weighted by atomic mass is 32.2. The Kier molecular flexibility index (Phi) is 4.54. The molecule has 2 rings (SSSR count). The average Bonchev–Trinajstić information content (AvgIpc) is 2.47. The van der Waals surface area contributed by atoms with E-state index in [0.717, 1.165) is 23.1 Å². The standard InChI is InChI=1S/C14H11FN2O3S/c1-21-11-4-2-3-9(7-11)16-14(18)12-8-10(17(19)20)5-6-13(12)15/h2-8H,1H3,(H,16,18). The van der Waals surface area contributed by atoms with Gasteiger partial charge in [-0.1, -0.05) is 6.07 Å². The molecule has 0 spiro atoms. The number of thioether (sulfide) groups is 1. The molecule has 0 aliphatic carbocycles. The van der Waals surface area contributed by atoms with E-state index in [1.807, 2.05) is 12.3 Å². The minimum absolute atomic E-state index is 0.334. The van der Waals surface area contributed by atoms with Gasteiger partial charge in [0.25, 0.3) is 11.6 Å². The zero-order valence-corrected chi connectivity index (χ0v) is 11.8. The summed E-state index contributed by atoms with van der Waals surface area (Å²) in [4.78, 5) is 23.0. The lowest BCUT2D eigenvalue weighted by Gasteiger charge is -2.07. The maximum absolute atomic E-state index is 13.6. The zero-order chi connectivity index (χ0) is 15.4. The topological polar surface area (TPSA) is 72.2 Å². The van der Waals surface area contributed by atoms with Crippen molar-refractivity contribution in [1.82, 2.24) is 0 Å². The van der Waals surface area contributed by atoms with Crippen LogP contribution >= 0.6 is 11.8 Å². The number of non-ortho nitro benzene ring substituents is 1. The number of anilines is 1. The molecule has 2 aromatic carbocycles. The van der Waals surface area contributed by atoms with Crippen LogP contribution in [-0.4, -0.2) is 17.1 Å². The van der Waals surface area contributed by atoms with Crippen LogP contribution in [0, 0.1) is 15.9 Å². The lowest BCUT2D eigenvalue weighted by atomic mass is 10.1. The van der Waals surface area contributed by atoms with Crippen molar-refractivity contribution in [3.8, 4) is 0 Å². The Labute approximate surface area is 124 Å². The molecule has 0 heterocycles. The van der Waals surface area contributed by atoms with Crippen molar-refractivity contribution >= 4 is 29.0 Å². The first-order valence-corrected chi connectivity index (χ1v) is 7.13. The molecule has 0 aromatic heterocycles. The first kappa shape index (κ1) is 15.0. The van der Waals surface area contributed by atoms with E-state index in [1.165, 1.54) is 11.8 Å². The maximum atomic E-state index is 13.6. The van der Waals surface area contributed by atoms with Gasteiger partial charge in [-0.2, -0.15) is 0 Å². The first-order valence-electron chi connectivity index (χ1n) is 5.90. The number of amides is 1. The fraction of sp³-hybridized carbons (Fsp3) is 0.0714. The van der Waals surface area contributed by atoms with Crippen LogP contribution in [0.3, 0.4) is 0 Å². The molecule has 0 unspecified atom stereocenters. The quantitative estimate of drug-likeness (QED) is 0.531. The highest BCUT2D eigenvalue weighted by Crippen LogP contribution is 2.21. The van der Waals surface area contributed by atoms with Crippen LogP contribution in [0.25, 0.3) is 0 Å². The van der Waals surface area contributed by atoms with Crippen molar-refractivity contribution in [2.45, 2.75) is 4.90 Å². The van der Waals surface area contributed by atoms with Crippen LogP contribution in [0.5, 0.6) is 0 Å². The zero-order valence-electron chi connectivity index (χ0n) is 11.0. The Morgan fingerprint density at radius 1 is 1.29 bits per heavy atom. The summed E-state index contributed by atoms with van der Waals surface area (Å²) in [5.74, 6) is -1.53. The van der Waals surface area contributed by atoms with Crippen molar-refractivity contribution in [3.05, 3.63) is 64.0 Å². The number of halogens is 1. The Hall–Kier alpha value is -2.41. The lowest BCUT2D eigenvalue weighted by molar-refractivity contribution is -0.384. The number of hydrogen-bond donors (Lipinski definition) is 1. The third kappa shape index (κ3) is 3.57.